The van der Waals surface area contributed by atoms with Crippen molar-refractivity contribution in [3.05, 3.63) is 42.4 Å². The van der Waals surface area contributed by atoms with Crippen LogP contribution in [0.2, 0.25) is 0 Å². The Morgan fingerprint density at radius 1 is 1.22 bits per heavy atom. The Hall–Kier alpha value is -2.21. The predicted octanol–water partition coefficient (Wildman–Crippen LogP) is 0.725. The van der Waals surface area contributed by atoms with Crippen LogP contribution in [-0.2, 0) is 6.42 Å². The van der Waals surface area contributed by atoms with E-state index in [4.69, 9.17) is 5.73 Å². The van der Waals surface area contributed by atoms with Crippen LogP contribution in [-0.4, -0.2) is 30.7 Å². The van der Waals surface area contributed by atoms with Crippen molar-refractivity contribution in [2.75, 3.05) is 6.54 Å². The standard InChI is InChI=1S/C12H14N6/c1-9-8-10-12(15-5-7-18(10)16-9)17-6-4-14-11(17)2-3-13/h4-8H,2-3,13H2,1H3. The van der Waals surface area contributed by atoms with Crippen LogP contribution in [0.3, 0.4) is 0 Å². The lowest BCUT2D eigenvalue weighted by molar-refractivity contribution is 0.816. The fraction of sp³-hybridized carbons (Fsp3) is 0.250. The van der Waals surface area contributed by atoms with Gasteiger partial charge in [0.15, 0.2) is 5.82 Å². The van der Waals surface area contributed by atoms with E-state index >= 15 is 0 Å². The molecule has 0 saturated heterocycles. The Kier molecular flexibility index (Phi) is 2.56. The lowest BCUT2D eigenvalue weighted by Gasteiger charge is -2.07. The van der Waals surface area contributed by atoms with Crippen molar-refractivity contribution in [2.24, 2.45) is 5.73 Å². The summed E-state index contributed by atoms with van der Waals surface area (Å²) in [6.07, 6.45) is 7.96. The second kappa shape index (κ2) is 4.23. The number of aromatic nitrogens is 5. The van der Waals surface area contributed by atoms with E-state index in [2.05, 4.69) is 15.1 Å². The van der Waals surface area contributed by atoms with E-state index in [1.54, 1.807) is 12.4 Å². The summed E-state index contributed by atoms with van der Waals surface area (Å²) < 4.78 is 3.78. The van der Waals surface area contributed by atoms with E-state index in [1.807, 2.05) is 34.5 Å². The number of hydrogen-bond acceptors (Lipinski definition) is 4. The summed E-state index contributed by atoms with van der Waals surface area (Å²) in [6, 6.07) is 2.01. The van der Waals surface area contributed by atoms with Crippen LogP contribution in [0.25, 0.3) is 11.3 Å². The van der Waals surface area contributed by atoms with Gasteiger partial charge in [0.25, 0.3) is 0 Å². The van der Waals surface area contributed by atoms with Crippen molar-refractivity contribution in [1.82, 2.24) is 24.1 Å². The van der Waals surface area contributed by atoms with Crippen molar-refractivity contribution in [2.45, 2.75) is 13.3 Å². The van der Waals surface area contributed by atoms with Gasteiger partial charge in [0.1, 0.15) is 11.3 Å². The van der Waals surface area contributed by atoms with Gasteiger partial charge in [0.05, 0.1) is 5.69 Å². The normalized spacial score (nSPS) is 11.2. The van der Waals surface area contributed by atoms with Gasteiger partial charge in [-0.25, -0.2) is 14.5 Å². The summed E-state index contributed by atoms with van der Waals surface area (Å²) in [5, 5.41) is 4.38. The highest BCUT2D eigenvalue weighted by atomic mass is 15.2. The van der Waals surface area contributed by atoms with Gasteiger partial charge in [0, 0.05) is 31.2 Å². The molecule has 2 N–H and O–H groups in total. The second-order valence-corrected chi connectivity index (χ2v) is 4.12. The highest BCUT2D eigenvalue weighted by Crippen LogP contribution is 2.16. The Labute approximate surface area is 104 Å². The molecule has 0 aliphatic heterocycles. The Morgan fingerprint density at radius 3 is 2.89 bits per heavy atom. The predicted molar refractivity (Wildman–Crippen MR) is 67.6 cm³/mol. The first-order valence-corrected chi connectivity index (χ1v) is 5.83. The van der Waals surface area contributed by atoms with E-state index in [9.17, 15) is 0 Å². The molecule has 0 amide bonds. The number of aryl methyl sites for hydroxylation is 1. The maximum Gasteiger partial charge on any atom is 0.164 e. The summed E-state index contributed by atoms with van der Waals surface area (Å²) in [4.78, 5) is 8.74. The van der Waals surface area contributed by atoms with Crippen molar-refractivity contribution in [3.8, 4) is 5.82 Å². The summed E-state index contributed by atoms with van der Waals surface area (Å²) in [5.41, 5.74) is 7.52. The van der Waals surface area contributed by atoms with Crippen molar-refractivity contribution < 1.29 is 0 Å². The molecule has 6 nitrogen and oxygen atoms in total. The molecule has 0 saturated carbocycles. The van der Waals surface area contributed by atoms with Gasteiger partial charge in [0.2, 0.25) is 0 Å². The first kappa shape index (κ1) is 10.9. The Bertz CT molecular complexity index is 681. The lowest BCUT2D eigenvalue weighted by atomic mass is 10.3. The zero-order chi connectivity index (χ0) is 12.5. The highest BCUT2D eigenvalue weighted by Gasteiger charge is 2.10. The molecule has 3 aromatic rings. The Balaban J connectivity index is 2.21. The maximum atomic E-state index is 5.59. The molecule has 0 aliphatic rings. The van der Waals surface area contributed by atoms with Crippen molar-refractivity contribution >= 4 is 5.52 Å². The minimum absolute atomic E-state index is 0.568. The van der Waals surface area contributed by atoms with E-state index in [1.165, 1.54) is 0 Å². The molecule has 6 heteroatoms. The van der Waals surface area contributed by atoms with E-state index in [-0.39, 0.29) is 0 Å². The fourth-order valence-corrected chi connectivity index (χ4v) is 2.06. The molecular weight excluding hydrogens is 228 g/mol. The summed E-state index contributed by atoms with van der Waals surface area (Å²) in [6.45, 7) is 2.53. The monoisotopic (exact) mass is 242 g/mol. The van der Waals surface area contributed by atoms with Gasteiger partial charge < -0.3 is 5.73 Å². The first-order valence-electron chi connectivity index (χ1n) is 5.83. The molecule has 0 atom stereocenters. The number of imidazole rings is 1. The number of nitrogens with zero attached hydrogens (tertiary/aromatic N) is 5. The van der Waals surface area contributed by atoms with E-state index in [0.29, 0.717) is 6.54 Å². The topological polar surface area (TPSA) is 74.0 Å². The molecule has 0 fully saturated rings. The van der Waals surface area contributed by atoms with Crippen molar-refractivity contribution in [3.63, 3.8) is 0 Å². The van der Waals surface area contributed by atoms with Crippen LogP contribution in [0.5, 0.6) is 0 Å². The molecule has 0 spiro atoms. The molecule has 0 aliphatic carbocycles. The van der Waals surface area contributed by atoms with Gasteiger partial charge in [-0.1, -0.05) is 0 Å². The largest absolute Gasteiger partial charge is 0.330 e. The van der Waals surface area contributed by atoms with E-state index < -0.39 is 0 Å². The quantitative estimate of drug-likeness (QED) is 0.734. The lowest BCUT2D eigenvalue weighted by Crippen LogP contribution is -2.10. The molecule has 0 radical (unpaired) electrons. The molecule has 0 unspecified atom stereocenters. The van der Waals surface area contributed by atoms with Crippen LogP contribution in [0, 0.1) is 6.92 Å². The zero-order valence-corrected chi connectivity index (χ0v) is 10.1. The van der Waals surface area contributed by atoms with Gasteiger partial charge in [-0.05, 0) is 19.5 Å². The van der Waals surface area contributed by atoms with Gasteiger partial charge in [-0.15, -0.1) is 0 Å². The third-order valence-corrected chi connectivity index (χ3v) is 2.81. The summed E-state index contributed by atoms with van der Waals surface area (Å²) in [5.74, 6) is 1.75. The summed E-state index contributed by atoms with van der Waals surface area (Å²) in [7, 11) is 0. The van der Waals surface area contributed by atoms with Crippen LogP contribution in [0.15, 0.2) is 30.9 Å². The summed E-state index contributed by atoms with van der Waals surface area (Å²) >= 11 is 0. The van der Waals surface area contributed by atoms with Crippen LogP contribution in [0.1, 0.15) is 11.5 Å². The Morgan fingerprint density at radius 2 is 2.06 bits per heavy atom. The minimum Gasteiger partial charge on any atom is -0.330 e. The molecule has 18 heavy (non-hydrogen) atoms. The number of rotatable bonds is 3. The first-order chi connectivity index (χ1) is 8.79. The highest BCUT2D eigenvalue weighted by molar-refractivity contribution is 5.61. The molecule has 92 valence electrons. The van der Waals surface area contributed by atoms with Gasteiger partial charge in [-0.3, -0.25) is 4.57 Å². The van der Waals surface area contributed by atoms with Crippen LogP contribution in [0.4, 0.5) is 0 Å². The van der Waals surface area contributed by atoms with Gasteiger partial charge >= 0.3 is 0 Å². The number of hydrogen-bond donors (Lipinski definition) is 1. The SMILES string of the molecule is Cc1cc2c(-n3ccnc3CCN)nccn2n1. The number of nitrogens with two attached hydrogens (primary N) is 1. The third kappa shape index (κ3) is 1.67. The molecule has 0 aromatic carbocycles. The minimum atomic E-state index is 0.568. The molecule has 3 heterocycles. The van der Waals surface area contributed by atoms with Crippen molar-refractivity contribution in [1.29, 1.82) is 0 Å². The average molecular weight is 242 g/mol. The fourth-order valence-electron chi connectivity index (χ4n) is 2.06. The van der Waals surface area contributed by atoms with Gasteiger partial charge in [-0.2, -0.15) is 5.10 Å². The third-order valence-electron chi connectivity index (χ3n) is 2.81. The second-order valence-electron chi connectivity index (χ2n) is 4.12. The van der Waals surface area contributed by atoms with E-state index in [0.717, 1.165) is 29.3 Å². The molecule has 3 rings (SSSR count). The number of fused-ring (bicyclic) bond motifs is 1. The zero-order valence-electron chi connectivity index (χ0n) is 10.1. The smallest absolute Gasteiger partial charge is 0.164 e. The maximum absolute atomic E-state index is 5.59. The average Bonchev–Trinajstić information content (AvgIpc) is 2.94. The molecule has 0 bridgehead atoms. The molecule has 3 aromatic heterocycles. The van der Waals surface area contributed by atoms with Crippen LogP contribution < -0.4 is 5.73 Å². The van der Waals surface area contributed by atoms with Crippen LogP contribution >= 0.6 is 0 Å². The molecular formula is C12H14N6.